The average molecular weight is 608 g/mol. The van der Waals surface area contributed by atoms with E-state index in [9.17, 15) is 4.79 Å². The summed E-state index contributed by atoms with van der Waals surface area (Å²) in [5, 5.41) is 0. The van der Waals surface area contributed by atoms with Crippen LogP contribution >= 0.6 is 0 Å². The second-order valence-electron chi connectivity index (χ2n) is 13.2. The van der Waals surface area contributed by atoms with E-state index in [2.05, 4.69) is 119 Å². The molecule has 0 radical (unpaired) electrons. The minimum Gasteiger partial charge on any atom is -0.299 e. The molecule has 0 spiro atoms. The first-order valence-electron chi connectivity index (χ1n) is 17.1. The standard InChI is InChI=1S/C42H45N3O/c46-41-42(39-18-10-11-19-40(39)45(41)38-16-8-3-9-17-38,32-36-22-28-43(29-23-36)26-20-34-12-4-1-5-13-34)33-37-24-30-44(31-25-37)27-21-35-14-6-2-7-15-35/h1-19,22,24H,20-21,23,25-33H2. The van der Waals surface area contributed by atoms with Gasteiger partial charge in [-0.3, -0.25) is 19.5 Å². The Morgan fingerprint density at radius 3 is 1.54 bits per heavy atom. The summed E-state index contributed by atoms with van der Waals surface area (Å²) in [7, 11) is 0. The molecule has 3 aliphatic rings. The van der Waals surface area contributed by atoms with Crippen molar-refractivity contribution in [1.82, 2.24) is 9.80 Å². The molecule has 0 N–H and O–H groups in total. The highest BCUT2D eigenvalue weighted by atomic mass is 16.2. The Balaban J connectivity index is 1.12. The highest BCUT2D eigenvalue weighted by Gasteiger charge is 2.51. The summed E-state index contributed by atoms with van der Waals surface area (Å²) >= 11 is 0. The molecule has 0 fully saturated rings. The second kappa shape index (κ2) is 14.0. The number of carbonyl (C=O) groups excluding carboxylic acids is 1. The first-order valence-corrected chi connectivity index (χ1v) is 17.1. The molecule has 0 bridgehead atoms. The van der Waals surface area contributed by atoms with Gasteiger partial charge in [0.1, 0.15) is 0 Å². The van der Waals surface area contributed by atoms with E-state index in [1.54, 1.807) is 0 Å². The van der Waals surface area contributed by atoms with Crippen LogP contribution in [0.2, 0.25) is 0 Å². The molecule has 4 nitrogen and oxygen atoms in total. The quantitative estimate of drug-likeness (QED) is 0.161. The summed E-state index contributed by atoms with van der Waals surface area (Å²) in [5.74, 6) is 0.222. The third-order valence-electron chi connectivity index (χ3n) is 10.2. The SMILES string of the molecule is O=C1N(c2ccccc2)c2ccccc2C1(CC1=CCN(CCc2ccccc2)CC1)CC1=CCN(CCc2ccccc2)CC1. The Morgan fingerprint density at radius 2 is 1.04 bits per heavy atom. The summed E-state index contributed by atoms with van der Waals surface area (Å²) in [4.78, 5) is 22.0. The lowest BCUT2D eigenvalue weighted by Crippen LogP contribution is -2.41. The Hall–Kier alpha value is -4.25. The fourth-order valence-corrected chi connectivity index (χ4v) is 7.62. The van der Waals surface area contributed by atoms with E-state index in [1.807, 2.05) is 23.1 Å². The molecule has 0 unspecified atom stereocenters. The van der Waals surface area contributed by atoms with Gasteiger partial charge in [-0.15, -0.1) is 0 Å². The summed E-state index contributed by atoms with van der Waals surface area (Å²) in [6.45, 7) is 6.13. The molecule has 4 heteroatoms. The van der Waals surface area contributed by atoms with Crippen LogP contribution < -0.4 is 4.90 Å². The summed E-state index contributed by atoms with van der Waals surface area (Å²) in [5.41, 5.74) is 8.22. The van der Waals surface area contributed by atoms with E-state index in [1.165, 1.54) is 27.8 Å². The molecule has 0 aliphatic carbocycles. The normalized spacial score (nSPS) is 18.3. The number of rotatable bonds is 11. The van der Waals surface area contributed by atoms with Crippen LogP contribution in [0, 0.1) is 0 Å². The Morgan fingerprint density at radius 1 is 0.565 bits per heavy atom. The second-order valence-corrected chi connectivity index (χ2v) is 13.2. The smallest absolute Gasteiger partial charge is 0.242 e. The van der Waals surface area contributed by atoms with Gasteiger partial charge in [0, 0.05) is 45.0 Å². The Bertz CT molecular complexity index is 1600. The van der Waals surface area contributed by atoms with Crippen molar-refractivity contribution in [3.05, 3.63) is 155 Å². The van der Waals surface area contributed by atoms with Crippen molar-refractivity contribution in [3.63, 3.8) is 0 Å². The summed E-state index contributed by atoms with van der Waals surface area (Å²) in [6.07, 6.45) is 10.6. The average Bonchev–Trinajstić information content (AvgIpc) is 3.35. The van der Waals surface area contributed by atoms with Gasteiger partial charge in [-0.1, -0.05) is 120 Å². The molecule has 7 rings (SSSR count). The zero-order chi connectivity index (χ0) is 31.2. The van der Waals surface area contributed by atoms with Crippen LogP contribution in [0.5, 0.6) is 0 Å². The lowest BCUT2D eigenvalue weighted by atomic mass is 9.70. The first-order chi connectivity index (χ1) is 22.7. The third-order valence-corrected chi connectivity index (χ3v) is 10.2. The van der Waals surface area contributed by atoms with Crippen molar-refractivity contribution < 1.29 is 4.79 Å². The molecule has 4 aromatic rings. The first kappa shape index (κ1) is 30.4. The monoisotopic (exact) mass is 607 g/mol. The minimum atomic E-state index is -0.595. The van der Waals surface area contributed by atoms with Crippen molar-refractivity contribution in [2.75, 3.05) is 44.2 Å². The van der Waals surface area contributed by atoms with Gasteiger partial charge in [0.15, 0.2) is 0 Å². The Labute approximate surface area is 274 Å². The van der Waals surface area contributed by atoms with Crippen molar-refractivity contribution >= 4 is 17.3 Å². The molecule has 0 atom stereocenters. The lowest BCUT2D eigenvalue weighted by molar-refractivity contribution is -0.122. The lowest BCUT2D eigenvalue weighted by Gasteiger charge is -2.35. The van der Waals surface area contributed by atoms with Crippen molar-refractivity contribution in [2.45, 2.75) is 43.9 Å². The minimum absolute atomic E-state index is 0.222. The molecule has 1 amide bonds. The number of carbonyl (C=O) groups is 1. The fourth-order valence-electron chi connectivity index (χ4n) is 7.62. The number of fused-ring (bicyclic) bond motifs is 1. The maximum absolute atomic E-state index is 14.9. The molecule has 0 saturated heterocycles. The number of amides is 1. The third kappa shape index (κ3) is 6.65. The molecule has 3 aliphatic heterocycles. The number of nitrogens with zero attached hydrogens (tertiary/aromatic N) is 3. The maximum Gasteiger partial charge on any atom is 0.242 e. The summed E-state index contributed by atoms with van der Waals surface area (Å²) in [6, 6.07) is 40.4. The Kier molecular flexibility index (Phi) is 9.27. The molecular weight excluding hydrogens is 562 g/mol. The number of hydrogen-bond donors (Lipinski definition) is 0. The van der Waals surface area contributed by atoms with Gasteiger partial charge in [0.25, 0.3) is 0 Å². The van der Waals surface area contributed by atoms with Crippen LogP contribution in [0.3, 0.4) is 0 Å². The van der Waals surface area contributed by atoms with E-state index >= 15 is 0 Å². The van der Waals surface area contributed by atoms with E-state index in [0.717, 1.165) is 89.2 Å². The molecule has 46 heavy (non-hydrogen) atoms. The van der Waals surface area contributed by atoms with Crippen LogP contribution in [0.1, 0.15) is 42.4 Å². The van der Waals surface area contributed by atoms with E-state index < -0.39 is 5.41 Å². The predicted octanol–water partition coefficient (Wildman–Crippen LogP) is 8.13. The van der Waals surface area contributed by atoms with Gasteiger partial charge >= 0.3 is 0 Å². The zero-order valence-corrected chi connectivity index (χ0v) is 26.9. The van der Waals surface area contributed by atoms with Gasteiger partial charge in [-0.2, -0.15) is 0 Å². The van der Waals surface area contributed by atoms with Crippen molar-refractivity contribution in [3.8, 4) is 0 Å². The van der Waals surface area contributed by atoms with Gasteiger partial charge in [-0.05, 0) is 73.4 Å². The van der Waals surface area contributed by atoms with Gasteiger partial charge < -0.3 is 0 Å². The van der Waals surface area contributed by atoms with Gasteiger partial charge in [0.2, 0.25) is 5.91 Å². The number of anilines is 2. The molecular formula is C42H45N3O. The number of hydrogen-bond acceptors (Lipinski definition) is 3. The van der Waals surface area contributed by atoms with Crippen LogP contribution in [0.4, 0.5) is 11.4 Å². The highest BCUT2D eigenvalue weighted by molar-refractivity contribution is 6.13. The topological polar surface area (TPSA) is 26.8 Å². The van der Waals surface area contributed by atoms with Gasteiger partial charge in [-0.25, -0.2) is 0 Å². The largest absolute Gasteiger partial charge is 0.299 e. The van der Waals surface area contributed by atoms with Crippen LogP contribution in [0.25, 0.3) is 0 Å². The van der Waals surface area contributed by atoms with Crippen LogP contribution in [-0.4, -0.2) is 55.0 Å². The van der Waals surface area contributed by atoms with Gasteiger partial charge in [0.05, 0.1) is 11.1 Å². The van der Waals surface area contributed by atoms with Crippen molar-refractivity contribution in [2.24, 2.45) is 0 Å². The zero-order valence-electron chi connectivity index (χ0n) is 26.9. The van der Waals surface area contributed by atoms with Crippen LogP contribution in [0.15, 0.2) is 139 Å². The molecule has 0 aromatic heterocycles. The predicted molar refractivity (Wildman–Crippen MR) is 190 cm³/mol. The number of benzene rings is 4. The molecule has 234 valence electrons. The van der Waals surface area contributed by atoms with Crippen LogP contribution in [-0.2, 0) is 23.1 Å². The van der Waals surface area contributed by atoms with E-state index in [0.29, 0.717) is 0 Å². The fraction of sp³-hybridized carbons (Fsp3) is 0.310. The highest BCUT2D eigenvalue weighted by Crippen LogP contribution is 2.52. The molecule has 4 aromatic carbocycles. The molecule has 0 saturated carbocycles. The number of para-hydroxylation sites is 2. The van der Waals surface area contributed by atoms with Crippen molar-refractivity contribution in [1.29, 1.82) is 0 Å². The molecule has 3 heterocycles. The summed E-state index contributed by atoms with van der Waals surface area (Å²) < 4.78 is 0. The maximum atomic E-state index is 14.9. The van der Waals surface area contributed by atoms with E-state index in [4.69, 9.17) is 0 Å². The van der Waals surface area contributed by atoms with E-state index in [-0.39, 0.29) is 5.91 Å².